The van der Waals surface area contributed by atoms with Crippen LogP contribution < -0.4 is 11.1 Å². The molecule has 422 valence electrons. The van der Waals surface area contributed by atoms with E-state index < -0.39 is 0 Å². The van der Waals surface area contributed by atoms with Gasteiger partial charge < -0.3 is 11.1 Å². The van der Waals surface area contributed by atoms with Gasteiger partial charge in [0, 0.05) is 12.6 Å². The number of hydrogen-bond acceptors (Lipinski definition) is 2. The van der Waals surface area contributed by atoms with Crippen molar-refractivity contribution >= 4 is 0 Å². The summed E-state index contributed by atoms with van der Waals surface area (Å²) in [6.07, 6.45) is 92.1. The van der Waals surface area contributed by atoms with E-state index in [4.69, 9.17) is 5.73 Å². The fourth-order valence-corrected chi connectivity index (χ4v) is 11.4. The molecule has 70 heavy (non-hydrogen) atoms. The highest BCUT2D eigenvalue weighted by Crippen LogP contribution is 2.20. The first-order valence-corrected chi connectivity index (χ1v) is 34.3. The summed E-state index contributed by atoms with van der Waals surface area (Å²) >= 11 is 0. The average molecular weight is 986 g/mol. The van der Waals surface area contributed by atoms with Gasteiger partial charge >= 0.3 is 0 Å². The number of hydrogen-bond donors (Lipinski definition) is 2. The first-order valence-electron chi connectivity index (χ1n) is 34.3. The highest BCUT2D eigenvalue weighted by molar-refractivity contribution is 4.65. The molecule has 0 aromatic carbocycles. The summed E-state index contributed by atoms with van der Waals surface area (Å²) in [5, 5.41) is 3.64. The van der Waals surface area contributed by atoms with Crippen LogP contribution >= 0.6 is 0 Å². The zero-order chi connectivity index (χ0) is 50.2. The van der Waals surface area contributed by atoms with Crippen molar-refractivity contribution in [2.45, 2.75) is 424 Å². The van der Waals surface area contributed by atoms with Crippen molar-refractivity contribution in [3.63, 3.8) is 0 Å². The molecule has 1 unspecified atom stereocenters. The van der Waals surface area contributed by atoms with E-state index in [9.17, 15) is 0 Å². The normalized spacial score (nSPS) is 12.2. The third-order valence-corrected chi connectivity index (χ3v) is 16.5. The third-order valence-electron chi connectivity index (χ3n) is 16.5. The van der Waals surface area contributed by atoms with Gasteiger partial charge in [-0.15, -0.1) is 0 Å². The molecule has 0 saturated carbocycles. The Balaban J connectivity index is 3.12. The highest BCUT2D eigenvalue weighted by Gasteiger charge is 2.03. The number of rotatable bonds is 66. The topological polar surface area (TPSA) is 38.0 Å². The standard InChI is InChI=1S/C68H140N2/c1-3-5-7-9-11-13-15-17-19-21-22-23-24-25-26-27-28-29-30-31-32-33-34-35-36-37-38-39-40-41-42-43-44-45-46-47-48-49-50-51-53-55-57-59-61-63-65-68(69)67-70-66-64-62-60-58-56-54-52-20-18-16-14-12-10-8-6-4-2/h68,70H,3-67,69H2,1-2H3. The van der Waals surface area contributed by atoms with Crippen LogP contribution in [0.1, 0.15) is 418 Å². The van der Waals surface area contributed by atoms with Crippen LogP contribution in [0.3, 0.4) is 0 Å². The van der Waals surface area contributed by atoms with E-state index in [1.807, 2.05) is 0 Å². The lowest BCUT2D eigenvalue weighted by Gasteiger charge is -2.12. The zero-order valence-corrected chi connectivity index (χ0v) is 49.6. The summed E-state index contributed by atoms with van der Waals surface area (Å²) in [5.41, 5.74) is 6.42. The minimum Gasteiger partial charge on any atom is -0.327 e. The van der Waals surface area contributed by atoms with Gasteiger partial charge in [0.25, 0.3) is 0 Å². The van der Waals surface area contributed by atoms with Crippen LogP contribution in [-0.2, 0) is 0 Å². The molecule has 0 aromatic heterocycles. The lowest BCUT2D eigenvalue weighted by Crippen LogP contribution is -2.34. The van der Waals surface area contributed by atoms with Gasteiger partial charge in [-0.25, -0.2) is 0 Å². The van der Waals surface area contributed by atoms with Crippen LogP contribution in [0.25, 0.3) is 0 Å². The lowest BCUT2D eigenvalue weighted by atomic mass is 10.0. The van der Waals surface area contributed by atoms with Gasteiger partial charge in [-0.2, -0.15) is 0 Å². The molecule has 0 aliphatic rings. The maximum atomic E-state index is 6.42. The van der Waals surface area contributed by atoms with Crippen molar-refractivity contribution in [3.8, 4) is 0 Å². The molecule has 0 rings (SSSR count). The molecule has 0 fully saturated rings. The van der Waals surface area contributed by atoms with E-state index in [0.717, 1.165) is 13.1 Å². The summed E-state index contributed by atoms with van der Waals surface area (Å²) in [4.78, 5) is 0. The Bertz CT molecular complexity index is 856. The van der Waals surface area contributed by atoms with Gasteiger partial charge in [0.1, 0.15) is 0 Å². The molecular formula is C68H140N2. The van der Waals surface area contributed by atoms with Crippen LogP contribution in [0.15, 0.2) is 0 Å². The van der Waals surface area contributed by atoms with Gasteiger partial charge in [-0.3, -0.25) is 0 Å². The van der Waals surface area contributed by atoms with Crippen LogP contribution in [0.5, 0.6) is 0 Å². The summed E-state index contributed by atoms with van der Waals surface area (Å²) in [6.45, 7) is 6.79. The van der Waals surface area contributed by atoms with E-state index >= 15 is 0 Å². The fourth-order valence-electron chi connectivity index (χ4n) is 11.4. The van der Waals surface area contributed by atoms with Crippen molar-refractivity contribution in [1.29, 1.82) is 0 Å². The quantitative estimate of drug-likeness (QED) is 0.0596. The Hall–Kier alpha value is -0.0800. The third kappa shape index (κ3) is 65.9. The number of nitrogens with one attached hydrogen (secondary N) is 1. The summed E-state index contributed by atoms with van der Waals surface area (Å²) in [7, 11) is 0. The number of unbranched alkanes of at least 4 members (excludes halogenated alkanes) is 60. The molecular weight excluding hydrogens is 845 g/mol. The van der Waals surface area contributed by atoms with E-state index in [1.165, 1.54) is 405 Å². The van der Waals surface area contributed by atoms with Crippen LogP contribution in [0.2, 0.25) is 0 Å². The molecule has 0 aliphatic carbocycles. The fraction of sp³-hybridized carbons (Fsp3) is 1.00. The van der Waals surface area contributed by atoms with Gasteiger partial charge in [-0.1, -0.05) is 406 Å². The van der Waals surface area contributed by atoms with Crippen molar-refractivity contribution in [2.75, 3.05) is 13.1 Å². The Morgan fingerprint density at radius 2 is 0.343 bits per heavy atom. The molecule has 3 N–H and O–H groups in total. The van der Waals surface area contributed by atoms with Gasteiger partial charge in [0.05, 0.1) is 0 Å². The minimum absolute atomic E-state index is 0.350. The first-order chi connectivity index (χ1) is 34.8. The Labute approximate surface area is 446 Å². The van der Waals surface area contributed by atoms with E-state index in [2.05, 4.69) is 19.2 Å². The maximum Gasteiger partial charge on any atom is 0.0165 e. The summed E-state index contributed by atoms with van der Waals surface area (Å²) in [5.74, 6) is 0. The molecule has 0 radical (unpaired) electrons. The molecule has 0 bridgehead atoms. The van der Waals surface area contributed by atoms with Crippen LogP contribution in [0, 0.1) is 0 Å². The largest absolute Gasteiger partial charge is 0.327 e. The second-order valence-electron chi connectivity index (χ2n) is 24.0. The second-order valence-corrected chi connectivity index (χ2v) is 24.0. The average Bonchev–Trinajstić information content (AvgIpc) is 3.37. The summed E-state index contributed by atoms with van der Waals surface area (Å²) in [6, 6.07) is 0.350. The molecule has 2 nitrogen and oxygen atoms in total. The molecule has 1 atom stereocenters. The molecule has 0 amide bonds. The minimum atomic E-state index is 0.350. The Morgan fingerprint density at radius 1 is 0.200 bits per heavy atom. The van der Waals surface area contributed by atoms with Crippen LogP contribution in [0.4, 0.5) is 0 Å². The number of nitrogens with two attached hydrogens (primary N) is 1. The maximum absolute atomic E-state index is 6.42. The van der Waals surface area contributed by atoms with Gasteiger partial charge in [-0.05, 0) is 19.4 Å². The van der Waals surface area contributed by atoms with Crippen molar-refractivity contribution in [3.05, 3.63) is 0 Å². The van der Waals surface area contributed by atoms with Crippen molar-refractivity contribution in [1.82, 2.24) is 5.32 Å². The lowest BCUT2D eigenvalue weighted by molar-refractivity contribution is 0.486. The monoisotopic (exact) mass is 985 g/mol. The van der Waals surface area contributed by atoms with Crippen molar-refractivity contribution < 1.29 is 0 Å². The van der Waals surface area contributed by atoms with E-state index in [-0.39, 0.29) is 0 Å². The second kappa shape index (κ2) is 66.9. The predicted molar refractivity (Wildman–Crippen MR) is 323 cm³/mol. The SMILES string of the molecule is CCCCCCCCCCCCCCCCCCCCCCCCCCCCCCCCCCCCCCCCCCCCCCCCC(N)CNCCCCCCCCCCCCCCCCCC. The molecule has 0 spiro atoms. The molecule has 2 heteroatoms. The van der Waals surface area contributed by atoms with E-state index in [1.54, 1.807) is 0 Å². The Kier molecular flexibility index (Phi) is 66.9. The predicted octanol–water partition coefficient (Wildman–Crippen LogP) is 24.5. The van der Waals surface area contributed by atoms with Crippen LogP contribution in [-0.4, -0.2) is 19.1 Å². The Morgan fingerprint density at radius 3 is 0.514 bits per heavy atom. The van der Waals surface area contributed by atoms with Crippen molar-refractivity contribution in [2.24, 2.45) is 5.73 Å². The molecule has 0 aliphatic heterocycles. The highest BCUT2D eigenvalue weighted by atomic mass is 14.9. The molecule has 0 saturated heterocycles. The smallest absolute Gasteiger partial charge is 0.0165 e. The molecule has 0 aromatic rings. The first kappa shape index (κ1) is 69.9. The van der Waals surface area contributed by atoms with Gasteiger partial charge in [0.2, 0.25) is 0 Å². The molecule has 0 heterocycles. The summed E-state index contributed by atoms with van der Waals surface area (Å²) < 4.78 is 0. The van der Waals surface area contributed by atoms with E-state index in [0.29, 0.717) is 6.04 Å². The van der Waals surface area contributed by atoms with Gasteiger partial charge in [0.15, 0.2) is 0 Å². The zero-order valence-electron chi connectivity index (χ0n) is 49.6.